The molecule has 5 heteroatoms. The summed E-state index contributed by atoms with van der Waals surface area (Å²) in [5.74, 6) is 0.911. The minimum Gasteiger partial charge on any atom is -0.494 e. The zero-order valence-electron chi connectivity index (χ0n) is 16.9. The summed E-state index contributed by atoms with van der Waals surface area (Å²) in [5, 5.41) is 2.78. The van der Waals surface area contributed by atoms with E-state index in [9.17, 15) is 0 Å². The largest absolute Gasteiger partial charge is 0.494 e. The molecular weight excluding hydrogens is 382 g/mol. The van der Waals surface area contributed by atoms with Crippen molar-refractivity contribution in [2.75, 3.05) is 26.2 Å². The van der Waals surface area contributed by atoms with Crippen LogP contribution in [0.15, 0.2) is 54.7 Å². The van der Waals surface area contributed by atoms with Gasteiger partial charge in [-0.2, -0.15) is 0 Å². The summed E-state index contributed by atoms with van der Waals surface area (Å²) in [4.78, 5) is 10.1. The number of nitrogens with zero attached hydrogens (tertiary/aromatic N) is 2. The lowest BCUT2D eigenvalue weighted by molar-refractivity contribution is 0.249. The molecule has 0 aliphatic heterocycles. The van der Waals surface area contributed by atoms with E-state index >= 15 is 0 Å². The van der Waals surface area contributed by atoms with Crippen LogP contribution in [0.25, 0.3) is 33.1 Å². The number of benzene rings is 2. The Morgan fingerprint density at radius 3 is 2.52 bits per heavy atom. The summed E-state index contributed by atoms with van der Waals surface area (Å²) in [7, 11) is 0. The first-order valence-corrected chi connectivity index (χ1v) is 10.6. The number of hydrogen-bond acceptors (Lipinski definition) is 3. The molecule has 4 rings (SSSR count). The average Bonchev–Trinajstić information content (AvgIpc) is 3.13. The number of rotatable bonds is 8. The van der Waals surface area contributed by atoms with Gasteiger partial charge in [0.25, 0.3) is 0 Å². The van der Waals surface area contributed by atoms with E-state index in [1.54, 1.807) is 6.20 Å². The van der Waals surface area contributed by atoms with Gasteiger partial charge in [-0.05, 0) is 61.0 Å². The smallest absolute Gasteiger partial charge is 0.139 e. The molecule has 1 N–H and O–H groups in total. The van der Waals surface area contributed by atoms with Crippen LogP contribution < -0.4 is 4.74 Å². The Labute approximate surface area is 176 Å². The third kappa shape index (κ3) is 4.24. The van der Waals surface area contributed by atoms with Crippen molar-refractivity contribution in [3.63, 3.8) is 0 Å². The lowest BCUT2D eigenvalue weighted by Gasteiger charge is -2.17. The third-order valence-electron chi connectivity index (χ3n) is 5.41. The lowest BCUT2D eigenvalue weighted by atomic mass is 10.0. The molecule has 4 aromatic rings. The maximum Gasteiger partial charge on any atom is 0.139 e. The predicted molar refractivity (Wildman–Crippen MR) is 122 cm³/mol. The summed E-state index contributed by atoms with van der Waals surface area (Å²) < 4.78 is 5.91. The highest BCUT2D eigenvalue weighted by Gasteiger charge is 2.10. The number of H-pyrrole nitrogens is 1. The number of aromatic amines is 1. The highest BCUT2D eigenvalue weighted by atomic mass is 35.5. The van der Waals surface area contributed by atoms with Gasteiger partial charge in [-0.3, -0.25) is 0 Å². The van der Waals surface area contributed by atoms with Gasteiger partial charge in [0.15, 0.2) is 0 Å². The van der Waals surface area contributed by atoms with Crippen molar-refractivity contribution < 1.29 is 4.74 Å². The van der Waals surface area contributed by atoms with Crippen LogP contribution in [-0.2, 0) is 0 Å². The number of halogens is 1. The van der Waals surface area contributed by atoms with Crippen molar-refractivity contribution in [1.29, 1.82) is 0 Å². The molecule has 2 aromatic heterocycles. The summed E-state index contributed by atoms with van der Waals surface area (Å²) in [6, 6.07) is 16.5. The van der Waals surface area contributed by atoms with E-state index in [4.69, 9.17) is 16.3 Å². The summed E-state index contributed by atoms with van der Waals surface area (Å²) in [6.07, 6.45) is 2.76. The molecule has 0 bridgehead atoms. The lowest BCUT2D eigenvalue weighted by Crippen LogP contribution is -2.25. The molecule has 0 saturated heterocycles. The molecule has 0 atom stereocenters. The van der Waals surface area contributed by atoms with Crippen LogP contribution in [0.3, 0.4) is 0 Å². The molecule has 2 aromatic carbocycles. The Kier molecular flexibility index (Phi) is 6.02. The summed E-state index contributed by atoms with van der Waals surface area (Å²) in [5.41, 5.74) is 4.15. The van der Waals surface area contributed by atoms with E-state index in [-0.39, 0.29) is 0 Å². The summed E-state index contributed by atoms with van der Waals surface area (Å²) in [6.45, 7) is 8.39. The monoisotopic (exact) mass is 407 g/mol. The maximum absolute atomic E-state index is 6.42. The van der Waals surface area contributed by atoms with Gasteiger partial charge >= 0.3 is 0 Å². The minimum atomic E-state index is 0.715. The molecule has 2 heterocycles. The Hall–Kier alpha value is -2.56. The third-order valence-corrected chi connectivity index (χ3v) is 5.73. The molecule has 4 nitrogen and oxygen atoms in total. The predicted octanol–water partition coefficient (Wildman–Crippen LogP) is 6.15. The van der Waals surface area contributed by atoms with Crippen molar-refractivity contribution >= 4 is 33.5 Å². The first-order valence-electron chi connectivity index (χ1n) is 10.2. The number of fused-ring (bicyclic) bond motifs is 3. The zero-order valence-corrected chi connectivity index (χ0v) is 17.7. The number of ether oxygens (including phenoxy) is 1. The molecular formula is C24H26ClN3O. The molecule has 0 unspecified atom stereocenters. The molecule has 150 valence electrons. The van der Waals surface area contributed by atoms with Crippen molar-refractivity contribution in [2.45, 2.75) is 20.3 Å². The van der Waals surface area contributed by atoms with Gasteiger partial charge in [-0.25, -0.2) is 4.98 Å². The number of nitrogens with one attached hydrogen (secondary N) is 1. The van der Waals surface area contributed by atoms with Crippen LogP contribution in [0.1, 0.15) is 20.3 Å². The molecule has 0 aliphatic rings. The van der Waals surface area contributed by atoms with E-state index in [0.29, 0.717) is 5.02 Å². The Morgan fingerprint density at radius 2 is 1.76 bits per heavy atom. The molecule has 0 spiro atoms. The first-order chi connectivity index (χ1) is 14.2. The van der Waals surface area contributed by atoms with Gasteiger partial charge in [0.2, 0.25) is 0 Å². The fourth-order valence-corrected chi connectivity index (χ4v) is 3.97. The zero-order chi connectivity index (χ0) is 20.2. The van der Waals surface area contributed by atoms with Crippen molar-refractivity contribution in [3.05, 3.63) is 59.8 Å². The van der Waals surface area contributed by atoms with Crippen molar-refractivity contribution in [3.8, 4) is 16.9 Å². The fourth-order valence-electron chi connectivity index (χ4n) is 3.72. The topological polar surface area (TPSA) is 41.1 Å². The van der Waals surface area contributed by atoms with E-state index < -0.39 is 0 Å². The van der Waals surface area contributed by atoms with E-state index in [1.165, 1.54) is 0 Å². The highest BCUT2D eigenvalue weighted by molar-refractivity contribution is 6.37. The number of hydrogen-bond donors (Lipinski definition) is 1. The Morgan fingerprint density at radius 1 is 1.00 bits per heavy atom. The van der Waals surface area contributed by atoms with Crippen molar-refractivity contribution in [2.24, 2.45) is 0 Å². The molecule has 0 saturated carbocycles. The standard InChI is InChI=1S/C24H26ClN3O/c1-3-28(4-2)14-5-15-29-19-9-6-17(7-10-19)18-8-11-22-20(16-18)23-21(25)12-13-26-24(23)27-22/h6-13,16H,3-5,14-15H2,1-2H3,(H,26,27). The maximum atomic E-state index is 6.42. The second-order valence-electron chi connectivity index (χ2n) is 7.16. The summed E-state index contributed by atoms with van der Waals surface area (Å²) >= 11 is 6.42. The minimum absolute atomic E-state index is 0.715. The van der Waals surface area contributed by atoms with E-state index in [2.05, 4.69) is 59.0 Å². The van der Waals surface area contributed by atoms with Gasteiger partial charge in [0.05, 0.1) is 11.6 Å². The van der Waals surface area contributed by atoms with Crippen LogP contribution in [0.5, 0.6) is 5.75 Å². The van der Waals surface area contributed by atoms with Crippen LogP contribution >= 0.6 is 11.6 Å². The van der Waals surface area contributed by atoms with E-state index in [1.807, 2.05) is 18.2 Å². The molecule has 0 radical (unpaired) electrons. The Bertz CT molecular complexity index is 1100. The number of pyridine rings is 1. The second kappa shape index (κ2) is 8.85. The van der Waals surface area contributed by atoms with Gasteiger partial charge in [0.1, 0.15) is 11.4 Å². The number of aromatic nitrogens is 2. The van der Waals surface area contributed by atoms with Crippen molar-refractivity contribution in [1.82, 2.24) is 14.9 Å². The quantitative estimate of drug-likeness (QED) is 0.356. The van der Waals surface area contributed by atoms with Gasteiger partial charge < -0.3 is 14.6 Å². The normalized spacial score (nSPS) is 11.6. The average molecular weight is 408 g/mol. The van der Waals surface area contributed by atoms with Gasteiger partial charge in [-0.1, -0.05) is 43.6 Å². The Balaban J connectivity index is 1.49. The molecule has 29 heavy (non-hydrogen) atoms. The first kappa shape index (κ1) is 19.7. The molecule has 0 fully saturated rings. The second-order valence-corrected chi connectivity index (χ2v) is 7.56. The van der Waals surface area contributed by atoms with Crippen LogP contribution in [-0.4, -0.2) is 41.1 Å². The van der Waals surface area contributed by atoms with Crippen LogP contribution in [0.4, 0.5) is 0 Å². The highest BCUT2D eigenvalue weighted by Crippen LogP contribution is 2.33. The fraction of sp³-hybridized carbons (Fsp3) is 0.292. The van der Waals surface area contributed by atoms with E-state index in [0.717, 1.165) is 71.5 Å². The van der Waals surface area contributed by atoms with Gasteiger partial charge in [0, 0.05) is 29.0 Å². The molecule has 0 amide bonds. The van der Waals surface area contributed by atoms with Crippen LogP contribution in [0.2, 0.25) is 5.02 Å². The SMILES string of the molecule is CCN(CC)CCCOc1ccc(-c2ccc3[nH]c4nccc(Cl)c4c3c2)cc1. The molecule has 0 aliphatic carbocycles. The van der Waals surface area contributed by atoms with Gasteiger partial charge in [-0.15, -0.1) is 0 Å². The van der Waals surface area contributed by atoms with Crippen LogP contribution in [0, 0.1) is 0 Å².